The molecule has 3 heteroatoms. The fourth-order valence-electron chi connectivity index (χ4n) is 1.44. The molecule has 0 aliphatic rings. The molecule has 0 amide bonds. The van der Waals surface area contributed by atoms with Crippen molar-refractivity contribution in [3.63, 3.8) is 0 Å². The number of nitrogens with two attached hydrogens (primary N) is 1. The Balaban J connectivity index is 2.76. The topological polar surface area (TPSA) is 53.1 Å². The van der Waals surface area contributed by atoms with Crippen molar-refractivity contribution in [3.05, 3.63) is 29.8 Å². The van der Waals surface area contributed by atoms with E-state index in [0.717, 1.165) is 17.8 Å². The fourth-order valence-corrected chi connectivity index (χ4v) is 1.44. The molecule has 0 fully saturated rings. The van der Waals surface area contributed by atoms with Crippen LogP contribution in [0.2, 0.25) is 0 Å². The first kappa shape index (κ1) is 11.6. The van der Waals surface area contributed by atoms with Crippen LogP contribution in [-0.2, 0) is 0 Å². The van der Waals surface area contributed by atoms with Crippen molar-refractivity contribution in [2.45, 2.75) is 19.8 Å². The molecule has 0 spiro atoms. The van der Waals surface area contributed by atoms with Crippen LogP contribution in [0.25, 0.3) is 0 Å². The zero-order valence-corrected chi connectivity index (χ0v) is 9.46. The van der Waals surface area contributed by atoms with Crippen molar-refractivity contribution in [2.24, 2.45) is 5.73 Å². The molecule has 0 aliphatic heterocycles. The quantitative estimate of drug-likeness (QED) is 0.572. The molecule has 1 aromatic rings. The van der Waals surface area contributed by atoms with Crippen LogP contribution in [0.15, 0.2) is 24.3 Å². The van der Waals surface area contributed by atoms with E-state index in [9.17, 15) is 0 Å². The van der Waals surface area contributed by atoms with Crippen LogP contribution < -0.4 is 10.6 Å². The number of nitrogens with one attached hydrogen (secondary N) is 1. The van der Waals surface area contributed by atoms with E-state index >= 15 is 0 Å². The number of amidine groups is 1. The Morgan fingerprint density at radius 1 is 1.47 bits per heavy atom. The van der Waals surface area contributed by atoms with Crippen molar-refractivity contribution in [1.29, 1.82) is 5.41 Å². The lowest BCUT2D eigenvalue weighted by molar-refractivity contribution is 0.766. The molecule has 0 aromatic heterocycles. The average Bonchev–Trinajstić information content (AvgIpc) is 2.26. The number of anilines is 1. The summed E-state index contributed by atoms with van der Waals surface area (Å²) >= 11 is 0. The van der Waals surface area contributed by atoms with Crippen molar-refractivity contribution in [1.82, 2.24) is 0 Å². The molecule has 0 saturated heterocycles. The van der Waals surface area contributed by atoms with E-state index in [2.05, 4.69) is 18.9 Å². The summed E-state index contributed by atoms with van der Waals surface area (Å²) in [6, 6.07) is 7.80. The third-order valence-electron chi connectivity index (χ3n) is 2.45. The third kappa shape index (κ3) is 3.27. The highest BCUT2D eigenvalue weighted by molar-refractivity contribution is 5.95. The van der Waals surface area contributed by atoms with Gasteiger partial charge in [-0.3, -0.25) is 5.41 Å². The first-order valence-corrected chi connectivity index (χ1v) is 5.30. The van der Waals surface area contributed by atoms with Gasteiger partial charge >= 0.3 is 0 Å². The minimum Gasteiger partial charge on any atom is -0.384 e. The van der Waals surface area contributed by atoms with Crippen molar-refractivity contribution in [2.75, 3.05) is 18.5 Å². The number of hydrogen-bond donors (Lipinski definition) is 2. The van der Waals surface area contributed by atoms with E-state index in [1.165, 1.54) is 12.8 Å². The third-order valence-corrected chi connectivity index (χ3v) is 2.45. The van der Waals surface area contributed by atoms with Gasteiger partial charge in [0.2, 0.25) is 0 Å². The van der Waals surface area contributed by atoms with E-state index in [1.54, 1.807) is 0 Å². The molecule has 3 nitrogen and oxygen atoms in total. The molecule has 15 heavy (non-hydrogen) atoms. The molecule has 0 radical (unpaired) electrons. The molecule has 1 rings (SSSR count). The molecule has 0 atom stereocenters. The number of nitrogens with zero attached hydrogens (tertiary/aromatic N) is 1. The van der Waals surface area contributed by atoms with E-state index in [4.69, 9.17) is 11.1 Å². The Morgan fingerprint density at radius 3 is 2.80 bits per heavy atom. The van der Waals surface area contributed by atoms with Crippen LogP contribution in [-0.4, -0.2) is 19.4 Å². The Hall–Kier alpha value is -1.51. The smallest absolute Gasteiger partial charge is 0.122 e. The van der Waals surface area contributed by atoms with Gasteiger partial charge in [0.05, 0.1) is 0 Å². The maximum Gasteiger partial charge on any atom is 0.122 e. The lowest BCUT2D eigenvalue weighted by Crippen LogP contribution is -2.19. The highest BCUT2D eigenvalue weighted by Gasteiger charge is 2.02. The predicted molar refractivity (Wildman–Crippen MR) is 65.6 cm³/mol. The van der Waals surface area contributed by atoms with E-state index in [-0.39, 0.29) is 5.84 Å². The molecule has 82 valence electrons. The average molecular weight is 205 g/mol. The number of benzene rings is 1. The molecule has 0 bridgehead atoms. The van der Waals surface area contributed by atoms with E-state index in [0.29, 0.717) is 0 Å². The van der Waals surface area contributed by atoms with Crippen LogP contribution in [0, 0.1) is 5.41 Å². The van der Waals surface area contributed by atoms with Crippen LogP contribution >= 0.6 is 0 Å². The summed E-state index contributed by atoms with van der Waals surface area (Å²) in [5.74, 6) is 0.126. The fraction of sp³-hybridized carbons (Fsp3) is 0.417. The van der Waals surface area contributed by atoms with E-state index in [1.807, 2.05) is 24.3 Å². The van der Waals surface area contributed by atoms with Crippen molar-refractivity contribution in [3.8, 4) is 0 Å². The van der Waals surface area contributed by atoms with Crippen LogP contribution in [0.1, 0.15) is 25.3 Å². The van der Waals surface area contributed by atoms with Crippen LogP contribution in [0.3, 0.4) is 0 Å². The van der Waals surface area contributed by atoms with Crippen molar-refractivity contribution < 1.29 is 0 Å². The Labute approximate surface area is 91.4 Å². The summed E-state index contributed by atoms with van der Waals surface area (Å²) in [5, 5.41) is 7.37. The molecular formula is C12H19N3. The van der Waals surface area contributed by atoms with E-state index < -0.39 is 0 Å². The summed E-state index contributed by atoms with van der Waals surface area (Å²) in [7, 11) is 2.06. The van der Waals surface area contributed by atoms with Crippen molar-refractivity contribution >= 4 is 11.5 Å². The molecule has 0 aliphatic carbocycles. The van der Waals surface area contributed by atoms with Gasteiger partial charge in [0, 0.05) is 24.8 Å². The second-order valence-electron chi connectivity index (χ2n) is 3.74. The second kappa shape index (κ2) is 5.39. The molecule has 0 saturated carbocycles. The number of hydrogen-bond acceptors (Lipinski definition) is 2. The highest BCUT2D eigenvalue weighted by Crippen LogP contribution is 2.14. The Bertz CT molecular complexity index is 333. The van der Waals surface area contributed by atoms with Gasteiger partial charge in [-0.1, -0.05) is 25.5 Å². The highest BCUT2D eigenvalue weighted by atomic mass is 15.1. The predicted octanol–water partition coefficient (Wildman–Crippen LogP) is 2.21. The Morgan fingerprint density at radius 2 is 2.20 bits per heavy atom. The maximum absolute atomic E-state index is 7.37. The van der Waals surface area contributed by atoms with Gasteiger partial charge in [-0.25, -0.2) is 0 Å². The van der Waals surface area contributed by atoms with Gasteiger partial charge < -0.3 is 10.6 Å². The zero-order chi connectivity index (χ0) is 11.3. The van der Waals surface area contributed by atoms with Gasteiger partial charge in [0.25, 0.3) is 0 Å². The minimum atomic E-state index is 0.126. The monoisotopic (exact) mass is 205 g/mol. The lowest BCUT2D eigenvalue weighted by atomic mass is 10.1. The summed E-state index contributed by atoms with van der Waals surface area (Å²) in [6.45, 7) is 3.22. The number of nitrogen functional groups attached to an aromatic ring is 1. The standard InChI is InChI=1S/C12H19N3/c1-3-4-8-15(2)11-7-5-6-10(9-11)12(13)14/h5-7,9H,3-4,8H2,1-2H3,(H3,13,14). The van der Waals surface area contributed by atoms with Gasteiger partial charge in [-0.2, -0.15) is 0 Å². The van der Waals surface area contributed by atoms with Gasteiger partial charge in [-0.15, -0.1) is 0 Å². The van der Waals surface area contributed by atoms with Gasteiger partial charge in [0.1, 0.15) is 5.84 Å². The second-order valence-corrected chi connectivity index (χ2v) is 3.74. The maximum atomic E-state index is 7.37. The first-order chi connectivity index (χ1) is 7.15. The molecule has 0 heterocycles. The van der Waals surface area contributed by atoms with Gasteiger partial charge in [0.15, 0.2) is 0 Å². The van der Waals surface area contributed by atoms with Gasteiger partial charge in [-0.05, 0) is 18.6 Å². The largest absolute Gasteiger partial charge is 0.384 e. The normalized spacial score (nSPS) is 10.0. The first-order valence-electron chi connectivity index (χ1n) is 5.30. The summed E-state index contributed by atoms with van der Waals surface area (Å²) in [5.41, 5.74) is 7.36. The minimum absolute atomic E-state index is 0.126. The molecule has 0 unspecified atom stereocenters. The summed E-state index contributed by atoms with van der Waals surface area (Å²) in [6.07, 6.45) is 2.37. The molecule has 1 aromatic carbocycles. The summed E-state index contributed by atoms with van der Waals surface area (Å²) in [4.78, 5) is 2.19. The van der Waals surface area contributed by atoms with Crippen LogP contribution in [0.4, 0.5) is 5.69 Å². The Kier molecular flexibility index (Phi) is 4.16. The lowest BCUT2D eigenvalue weighted by Gasteiger charge is -2.19. The summed E-state index contributed by atoms with van der Waals surface area (Å²) < 4.78 is 0. The number of rotatable bonds is 5. The zero-order valence-electron chi connectivity index (χ0n) is 9.46. The van der Waals surface area contributed by atoms with Crippen LogP contribution in [0.5, 0.6) is 0 Å². The molecular weight excluding hydrogens is 186 g/mol. The number of unbranched alkanes of at least 4 members (excludes halogenated alkanes) is 1. The molecule has 3 N–H and O–H groups in total. The SMILES string of the molecule is CCCCN(C)c1cccc(C(=N)N)c1.